The number of amides is 2. The van der Waals surface area contributed by atoms with Crippen molar-refractivity contribution >= 4 is 23.2 Å². The molecule has 146 valence electrons. The van der Waals surface area contributed by atoms with E-state index in [1.54, 1.807) is 17.0 Å². The van der Waals surface area contributed by atoms with Gasteiger partial charge in [0.15, 0.2) is 0 Å². The van der Waals surface area contributed by atoms with Crippen LogP contribution in [0.1, 0.15) is 30.1 Å². The molecule has 2 amide bonds. The standard InChI is InChI=1S/C18H25N5O4/c1-12(24)21-6-8-22(9-7-21)16-5-4-14(10-17(16)23(26)27)18(25)20-11-15(19)13-2-3-13/h4-5,10,13,15H,2-3,6-9,11,19H2,1H3,(H,20,25). The minimum absolute atomic E-state index is 0.000532. The van der Waals surface area contributed by atoms with Gasteiger partial charge in [-0.1, -0.05) is 0 Å². The Bertz CT molecular complexity index is 741. The maximum Gasteiger partial charge on any atom is 0.293 e. The summed E-state index contributed by atoms with van der Waals surface area (Å²) < 4.78 is 0. The number of nitro benzene ring substituents is 1. The first kappa shape index (κ1) is 19.1. The molecule has 0 spiro atoms. The van der Waals surface area contributed by atoms with Crippen LogP contribution in [0.5, 0.6) is 0 Å². The van der Waals surface area contributed by atoms with Crippen molar-refractivity contribution in [3.8, 4) is 0 Å². The number of carbonyl (C=O) groups is 2. The molecule has 3 rings (SSSR count). The van der Waals surface area contributed by atoms with Gasteiger partial charge in [-0.25, -0.2) is 0 Å². The molecule has 1 saturated carbocycles. The molecule has 0 radical (unpaired) electrons. The minimum Gasteiger partial charge on any atom is -0.362 e. The van der Waals surface area contributed by atoms with Crippen molar-refractivity contribution in [2.24, 2.45) is 11.7 Å². The molecule has 2 aliphatic rings. The van der Waals surface area contributed by atoms with Gasteiger partial charge in [0.1, 0.15) is 5.69 Å². The predicted molar refractivity (Wildman–Crippen MR) is 101 cm³/mol. The normalized spacial score (nSPS) is 18.1. The Balaban J connectivity index is 1.70. The number of hydrogen-bond donors (Lipinski definition) is 2. The summed E-state index contributed by atoms with van der Waals surface area (Å²) in [5.74, 6) is 0.110. The molecular weight excluding hydrogens is 350 g/mol. The Morgan fingerprint density at radius 3 is 2.52 bits per heavy atom. The third-order valence-corrected chi connectivity index (χ3v) is 5.23. The number of nitrogens with zero attached hydrogens (tertiary/aromatic N) is 3. The molecule has 1 aromatic carbocycles. The molecule has 1 heterocycles. The van der Waals surface area contributed by atoms with Crippen molar-refractivity contribution < 1.29 is 14.5 Å². The van der Waals surface area contributed by atoms with E-state index in [2.05, 4.69) is 5.32 Å². The number of benzene rings is 1. The number of anilines is 1. The molecule has 1 aliphatic heterocycles. The van der Waals surface area contributed by atoms with Crippen molar-refractivity contribution in [2.75, 3.05) is 37.6 Å². The topological polar surface area (TPSA) is 122 Å². The first-order chi connectivity index (χ1) is 12.9. The molecule has 1 atom stereocenters. The SMILES string of the molecule is CC(=O)N1CCN(c2ccc(C(=O)NCC(N)C3CC3)cc2[N+](=O)[O-])CC1. The third kappa shape index (κ3) is 4.54. The Labute approximate surface area is 157 Å². The zero-order valence-electron chi connectivity index (χ0n) is 15.4. The van der Waals surface area contributed by atoms with E-state index in [4.69, 9.17) is 5.73 Å². The molecule has 3 N–H and O–H groups in total. The molecule has 1 aliphatic carbocycles. The van der Waals surface area contributed by atoms with E-state index < -0.39 is 4.92 Å². The fraction of sp³-hybridized carbons (Fsp3) is 0.556. The van der Waals surface area contributed by atoms with Crippen LogP contribution in [0, 0.1) is 16.0 Å². The predicted octanol–water partition coefficient (Wildman–Crippen LogP) is 0.730. The zero-order chi connectivity index (χ0) is 19.6. The number of rotatable bonds is 6. The molecule has 9 nitrogen and oxygen atoms in total. The lowest BCUT2D eigenvalue weighted by Gasteiger charge is -2.35. The Morgan fingerprint density at radius 2 is 1.96 bits per heavy atom. The van der Waals surface area contributed by atoms with Gasteiger partial charge in [0.2, 0.25) is 5.91 Å². The molecule has 1 saturated heterocycles. The van der Waals surface area contributed by atoms with E-state index in [1.165, 1.54) is 13.0 Å². The van der Waals surface area contributed by atoms with Gasteiger partial charge < -0.3 is 20.9 Å². The summed E-state index contributed by atoms with van der Waals surface area (Å²) in [5, 5.41) is 14.3. The fourth-order valence-electron chi connectivity index (χ4n) is 3.34. The summed E-state index contributed by atoms with van der Waals surface area (Å²) in [6.07, 6.45) is 2.18. The molecule has 2 fully saturated rings. The molecule has 27 heavy (non-hydrogen) atoms. The van der Waals surface area contributed by atoms with E-state index >= 15 is 0 Å². The second-order valence-corrected chi connectivity index (χ2v) is 7.17. The van der Waals surface area contributed by atoms with Crippen LogP contribution >= 0.6 is 0 Å². The van der Waals surface area contributed by atoms with Gasteiger partial charge in [-0.3, -0.25) is 19.7 Å². The van der Waals surface area contributed by atoms with Crippen LogP contribution in [0.3, 0.4) is 0 Å². The highest BCUT2D eigenvalue weighted by Crippen LogP contribution is 2.32. The highest BCUT2D eigenvalue weighted by molar-refractivity contribution is 5.95. The lowest BCUT2D eigenvalue weighted by Crippen LogP contribution is -2.48. The van der Waals surface area contributed by atoms with Gasteiger partial charge >= 0.3 is 0 Å². The van der Waals surface area contributed by atoms with E-state index in [9.17, 15) is 19.7 Å². The van der Waals surface area contributed by atoms with Gasteiger partial charge in [0.05, 0.1) is 4.92 Å². The van der Waals surface area contributed by atoms with Gasteiger partial charge in [-0.05, 0) is 30.9 Å². The van der Waals surface area contributed by atoms with Gasteiger partial charge in [-0.2, -0.15) is 0 Å². The monoisotopic (exact) mass is 375 g/mol. The summed E-state index contributed by atoms with van der Waals surface area (Å²) in [4.78, 5) is 38.4. The number of carbonyl (C=O) groups excluding carboxylic acids is 2. The Kier molecular flexibility index (Phi) is 5.59. The van der Waals surface area contributed by atoms with Crippen molar-refractivity contribution in [1.29, 1.82) is 0 Å². The molecule has 0 bridgehead atoms. The summed E-state index contributed by atoms with van der Waals surface area (Å²) in [7, 11) is 0. The van der Waals surface area contributed by atoms with Crippen molar-refractivity contribution in [1.82, 2.24) is 10.2 Å². The van der Waals surface area contributed by atoms with Gasteiger partial charge in [0, 0.05) is 57.3 Å². The third-order valence-electron chi connectivity index (χ3n) is 5.23. The average Bonchev–Trinajstić information content (AvgIpc) is 3.50. The number of nitrogens with two attached hydrogens (primary N) is 1. The van der Waals surface area contributed by atoms with Gasteiger partial charge in [-0.15, -0.1) is 0 Å². The van der Waals surface area contributed by atoms with Crippen LogP contribution in [0.2, 0.25) is 0 Å². The number of nitrogens with one attached hydrogen (secondary N) is 1. The average molecular weight is 375 g/mol. The zero-order valence-corrected chi connectivity index (χ0v) is 15.4. The largest absolute Gasteiger partial charge is 0.362 e. The second kappa shape index (κ2) is 7.91. The van der Waals surface area contributed by atoms with E-state index in [1.807, 2.05) is 4.90 Å². The maximum absolute atomic E-state index is 12.3. The fourth-order valence-corrected chi connectivity index (χ4v) is 3.34. The summed E-state index contributed by atoms with van der Waals surface area (Å²) >= 11 is 0. The first-order valence-corrected chi connectivity index (χ1v) is 9.19. The van der Waals surface area contributed by atoms with Crippen LogP contribution in [-0.2, 0) is 4.79 Å². The van der Waals surface area contributed by atoms with Crippen LogP contribution in [0.4, 0.5) is 11.4 Å². The van der Waals surface area contributed by atoms with E-state index in [0.29, 0.717) is 44.3 Å². The Hall–Kier alpha value is -2.68. The number of hydrogen-bond acceptors (Lipinski definition) is 6. The molecule has 1 unspecified atom stereocenters. The smallest absolute Gasteiger partial charge is 0.293 e. The van der Waals surface area contributed by atoms with Gasteiger partial charge in [0.25, 0.3) is 11.6 Å². The lowest BCUT2D eigenvalue weighted by molar-refractivity contribution is -0.384. The Morgan fingerprint density at radius 1 is 1.30 bits per heavy atom. The quantitative estimate of drug-likeness (QED) is 0.558. The van der Waals surface area contributed by atoms with Crippen molar-refractivity contribution in [3.63, 3.8) is 0 Å². The second-order valence-electron chi connectivity index (χ2n) is 7.17. The maximum atomic E-state index is 12.3. The highest BCUT2D eigenvalue weighted by Gasteiger charge is 2.29. The highest BCUT2D eigenvalue weighted by atomic mass is 16.6. The van der Waals surface area contributed by atoms with Crippen LogP contribution in [0.25, 0.3) is 0 Å². The van der Waals surface area contributed by atoms with Crippen LogP contribution < -0.4 is 16.0 Å². The number of piperazine rings is 1. The molecule has 0 aromatic heterocycles. The lowest BCUT2D eigenvalue weighted by atomic mass is 10.1. The number of nitro groups is 1. The van der Waals surface area contributed by atoms with E-state index in [-0.39, 0.29) is 29.1 Å². The summed E-state index contributed by atoms with van der Waals surface area (Å²) in [6.45, 7) is 3.96. The molecule has 1 aromatic rings. The first-order valence-electron chi connectivity index (χ1n) is 9.19. The van der Waals surface area contributed by atoms with Crippen LogP contribution in [0.15, 0.2) is 18.2 Å². The van der Waals surface area contributed by atoms with Crippen LogP contribution in [-0.4, -0.2) is 60.4 Å². The van der Waals surface area contributed by atoms with E-state index in [0.717, 1.165) is 12.8 Å². The summed E-state index contributed by atoms with van der Waals surface area (Å²) in [5.41, 5.74) is 6.59. The van der Waals surface area contributed by atoms with Crippen molar-refractivity contribution in [2.45, 2.75) is 25.8 Å². The summed E-state index contributed by atoms with van der Waals surface area (Å²) in [6, 6.07) is 4.44. The molecular formula is C18H25N5O4. The van der Waals surface area contributed by atoms with Crippen molar-refractivity contribution in [3.05, 3.63) is 33.9 Å². The minimum atomic E-state index is -0.473. The molecule has 9 heteroatoms.